The fourth-order valence-corrected chi connectivity index (χ4v) is 5.41. The number of carbonyl (C=O) groups is 2. The van der Waals surface area contributed by atoms with Gasteiger partial charge in [-0.1, -0.05) is 12.1 Å². The van der Waals surface area contributed by atoms with Crippen LogP contribution in [0.3, 0.4) is 0 Å². The molecule has 0 unspecified atom stereocenters. The normalized spacial score (nSPS) is 10.6. The summed E-state index contributed by atoms with van der Waals surface area (Å²) in [7, 11) is 3.96. The zero-order valence-corrected chi connectivity index (χ0v) is 20.2. The summed E-state index contributed by atoms with van der Waals surface area (Å²) in [5, 5.41) is 2.86. The van der Waals surface area contributed by atoms with Crippen LogP contribution in [0.5, 0.6) is 0 Å². The molecular formula is C21H24N4O3S3. The number of amides is 2. The largest absolute Gasteiger partial charge is 0.448 e. The van der Waals surface area contributed by atoms with Crippen molar-refractivity contribution in [3.05, 3.63) is 51.8 Å². The van der Waals surface area contributed by atoms with Gasteiger partial charge in [0.15, 0.2) is 0 Å². The first-order valence-corrected chi connectivity index (χ1v) is 12.4. The number of thiophene rings is 1. The number of rotatable bonds is 7. The van der Waals surface area contributed by atoms with Crippen LogP contribution in [0.2, 0.25) is 0 Å². The molecule has 3 rings (SSSR count). The predicted octanol–water partition coefficient (Wildman–Crippen LogP) is 4.58. The maximum Gasteiger partial charge on any atom is 0.426 e. The minimum atomic E-state index is -0.698. The van der Waals surface area contributed by atoms with Crippen molar-refractivity contribution in [3.8, 4) is 10.6 Å². The van der Waals surface area contributed by atoms with E-state index in [1.54, 1.807) is 29.2 Å². The number of aromatic nitrogens is 1. The van der Waals surface area contributed by atoms with Crippen LogP contribution in [-0.2, 0) is 11.2 Å². The number of ether oxygens (including phenoxy) is 1. The lowest BCUT2D eigenvalue weighted by Gasteiger charge is -2.12. The Morgan fingerprint density at radius 2 is 1.94 bits per heavy atom. The van der Waals surface area contributed by atoms with Gasteiger partial charge in [0.05, 0.1) is 15.7 Å². The van der Waals surface area contributed by atoms with Crippen LogP contribution in [-0.4, -0.2) is 43.9 Å². The fraction of sp³-hybridized carbons (Fsp3) is 0.286. The third-order valence-corrected chi connectivity index (χ3v) is 7.57. The Morgan fingerprint density at radius 3 is 2.55 bits per heavy atom. The zero-order valence-electron chi connectivity index (χ0n) is 17.7. The van der Waals surface area contributed by atoms with Crippen molar-refractivity contribution in [3.63, 3.8) is 0 Å². The molecule has 2 amide bonds. The van der Waals surface area contributed by atoms with E-state index in [2.05, 4.69) is 15.8 Å². The molecular weight excluding hydrogens is 452 g/mol. The number of hydrogen-bond donors (Lipinski definition) is 2. The minimum absolute atomic E-state index is 0.214. The van der Waals surface area contributed by atoms with Gasteiger partial charge in [-0.05, 0) is 36.9 Å². The lowest BCUT2D eigenvalue weighted by Crippen LogP contribution is -2.41. The smallest absolute Gasteiger partial charge is 0.426 e. The molecule has 0 aliphatic rings. The second kappa shape index (κ2) is 10.7. The van der Waals surface area contributed by atoms with Crippen molar-refractivity contribution in [2.45, 2.75) is 17.6 Å². The van der Waals surface area contributed by atoms with Crippen LogP contribution >= 0.6 is 34.4 Å². The Hall–Kier alpha value is -2.56. The van der Waals surface area contributed by atoms with Crippen molar-refractivity contribution in [1.29, 1.82) is 0 Å². The highest BCUT2D eigenvalue weighted by Crippen LogP contribution is 2.38. The van der Waals surface area contributed by atoms with E-state index in [4.69, 9.17) is 4.74 Å². The molecule has 0 saturated carbocycles. The van der Waals surface area contributed by atoms with Crippen LogP contribution in [0.1, 0.15) is 20.9 Å². The molecule has 0 atom stereocenters. The third-order valence-electron chi connectivity index (χ3n) is 4.31. The molecule has 164 valence electrons. The summed E-state index contributed by atoms with van der Waals surface area (Å²) in [5.41, 5.74) is 8.76. The Kier molecular flexibility index (Phi) is 7.94. The van der Waals surface area contributed by atoms with Gasteiger partial charge in [-0.3, -0.25) is 10.2 Å². The quantitative estimate of drug-likeness (QED) is 0.384. The summed E-state index contributed by atoms with van der Waals surface area (Å²) < 4.78 is 6.15. The number of anilines is 1. The highest BCUT2D eigenvalue weighted by molar-refractivity contribution is 8.00. The maximum atomic E-state index is 12.4. The van der Waals surface area contributed by atoms with Gasteiger partial charge in [-0.15, -0.1) is 34.4 Å². The molecule has 0 aliphatic heterocycles. The van der Waals surface area contributed by atoms with Crippen molar-refractivity contribution < 1.29 is 14.3 Å². The van der Waals surface area contributed by atoms with Gasteiger partial charge < -0.3 is 9.64 Å². The Balaban J connectivity index is 1.48. The predicted molar refractivity (Wildman–Crippen MR) is 128 cm³/mol. The molecule has 0 bridgehead atoms. The number of aryl methyl sites for hydroxylation is 1. The zero-order chi connectivity index (χ0) is 22.4. The topological polar surface area (TPSA) is 83.6 Å². The Labute approximate surface area is 193 Å². The average molecular weight is 477 g/mol. The fourth-order valence-electron chi connectivity index (χ4n) is 2.69. The molecule has 0 saturated heterocycles. The van der Waals surface area contributed by atoms with Crippen LogP contribution in [0.15, 0.2) is 39.9 Å². The van der Waals surface area contributed by atoms with Gasteiger partial charge >= 0.3 is 6.09 Å². The van der Waals surface area contributed by atoms with Crippen molar-refractivity contribution in [2.75, 3.05) is 31.9 Å². The number of benzene rings is 1. The van der Waals surface area contributed by atoms with Crippen molar-refractivity contribution >= 4 is 52.1 Å². The number of carbonyl (C=O) groups excluding carboxylic acids is 2. The highest BCUT2D eigenvalue weighted by atomic mass is 32.2. The molecule has 2 N–H and O–H groups in total. The number of hydrogen-bond acceptors (Lipinski definition) is 8. The van der Waals surface area contributed by atoms with Crippen LogP contribution < -0.4 is 15.8 Å². The number of thioether (sulfide) groups is 1. The van der Waals surface area contributed by atoms with Gasteiger partial charge in [-0.2, -0.15) is 0 Å². The molecule has 31 heavy (non-hydrogen) atoms. The van der Waals surface area contributed by atoms with E-state index in [0.717, 1.165) is 31.7 Å². The Morgan fingerprint density at radius 1 is 1.19 bits per heavy atom. The first kappa shape index (κ1) is 23.1. The lowest BCUT2D eigenvalue weighted by atomic mass is 10.1. The number of nitrogens with one attached hydrogen (secondary N) is 2. The molecule has 0 radical (unpaired) electrons. The van der Waals surface area contributed by atoms with E-state index in [9.17, 15) is 9.59 Å². The summed E-state index contributed by atoms with van der Waals surface area (Å²) in [6.07, 6.45) is 1.85. The van der Waals surface area contributed by atoms with Gasteiger partial charge in [0.25, 0.3) is 5.91 Å². The lowest BCUT2D eigenvalue weighted by molar-refractivity contribution is 0.0914. The first-order valence-electron chi connectivity index (χ1n) is 9.47. The van der Waals surface area contributed by atoms with E-state index < -0.39 is 12.0 Å². The van der Waals surface area contributed by atoms with Crippen molar-refractivity contribution in [1.82, 2.24) is 15.8 Å². The summed E-state index contributed by atoms with van der Waals surface area (Å²) >= 11 is 4.47. The van der Waals surface area contributed by atoms with Gasteiger partial charge in [0.2, 0.25) is 0 Å². The van der Waals surface area contributed by atoms with E-state index >= 15 is 0 Å². The van der Waals surface area contributed by atoms with Gasteiger partial charge in [0.1, 0.15) is 5.01 Å². The highest BCUT2D eigenvalue weighted by Gasteiger charge is 2.18. The molecule has 1 aromatic carbocycles. The molecule has 10 heteroatoms. The van der Waals surface area contributed by atoms with Crippen LogP contribution in [0.4, 0.5) is 10.5 Å². The van der Waals surface area contributed by atoms with E-state index in [-0.39, 0.29) is 6.61 Å². The molecule has 0 spiro atoms. The average Bonchev–Trinajstić information content (AvgIpc) is 3.38. The maximum absolute atomic E-state index is 12.4. The summed E-state index contributed by atoms with van der Waals surface area (Å²) in [4.78, 5) is 31.4. The molecule has 0 fully saturated rings. The SMILES string of the molecule is CSc1sc(C(=O)NNC(=O)OCCc2ccc(N(C)C)cc2)cc1-c1nc(C)cs1. The van der Waals surface area contributed by atoms with Crippen LogP contribution in [0.25, 0.3) is 10.6 Å². The third kappa shape index (κ3) is 6.22. The van der Waals surface area contributed by atoms with Crippen LogP contribution in [0, 0.1) is 6.92 Å². The molecule has 3 aromatic rings. The molecule has 2 aromatic heterocycles. The van der Waals surface area contributed by atoms with Crippen molar-refractivity contribution in [2.24, 2.45) is 0 Å². The summed E-state index contributed by atoms with van der Waals surface area (Å²) in [6, 6.07) is 9.83. The van der Waals surface area contributed by atoms with Gasteiger partial charge in [0, 0.05) is 42.8 Å². The second-order valence-electron chi connectivity index (χ2n) is 6.84. The van der Waals surface area contributed by atoms with E-state index in [1.165, 1.54) is 11.3 Å². The molecule has 7 nitrogen and oxygen atoms in total. The monoisotopic (exact) mass is 476 g/mol. The minimum Gasteiger partial charge on any atom is -0.448 e. The molecule has 0 aliphatic carbocycles. The standard InChI is InChI=1S/C21H24N4O3S3/c1-13-12-30-19(22-13)16-11-17(31-20(16)29-4)18(26)23-24-21(27)28-10-9-14-5-7-15(8-6-14)25(2)3/h5-8,11-12H,9-10H2,1-4H3,(H,23,26)(H,24,27). The second-order valence-corrected chi connectivity index (χ2v) is 9.82. The first-order chi connectivity index (χ1) is 14.9. The Bertz CT molecular complexity index is 1040. The van der Waals surface area contributed by atoms with E-state index in [0.29, 0.717) is 11.3 Å². The molecule has 2 heterocycles. The summed E-state index contributed by atoms with van der Waals surface area (Å²) in [5.74, 6) is -0.393. The number of nitrogens with zero attached hydrogens (tertiary/aromatic N) is 2. The number of thiazole rings is 1. The van der Waals surface area contributed by atoms with Gasteiger partial charge in [-0.25, -0.2) is 15.2 Å². The summed E-state index contributed by atoms with van der Waals surface area (Å²) in [6.45, 7) is 2.15. The number of hydrazine groups is 1. The van der Waals surface area contributed by atoms with E-state index in [1.807, 2.05) is 61.8 Å².